The Morgan fingerprint density at radius 1 is 1.83 bits per heavy atom. The third-order valence-electron chi connectivity index (χ3n) is 1.35. The number of aliphatic hydroxyl groups is 1. The zero-order chi connectivity index (χ0) is 9.14. The van der Waals surface area contributed by atoms with Crippen LogP contribution in [0.2, 0.25) is 0 Å². The normalized spacial score (nSPS) is 12.6. The van der Waals surface area contributed by atoms with Crippen LogP contribution in [0.3, 0.4) is 0 Å². The highest BCUT2D eigenvalue weighted by Gasteiger charge is 2.08. The van der Waals surface area contributed by atoms with Crippen molar-refractivity contribution in [1.29, 1.82) is 0 Å². The van der Waals surface area contributed by atoms with E-state index in [1.165, 1.54) is 13.1 Å². The van der Waals surface area contributed by atoms with Gasteiger partial charge in [0.25, 0.3) is 5.91 Å². The summed E-state index contributed by atoms with van der Waals surface area (Å²) in [6, 6.07) is 0. The molecule has 0 bridgehead atoms. The number of rotatable bonds is 2. The zero-order valence-electron chi connectivity index (χ0n) is 6.98. The minimum atomic E-state index is -0.995. The molecule has 12 heavy (non-hydrogen) atoms. The average Bonchev–Trinajstić information content (AvgIpc) is 2.35. The molecule has 0 fully saturated rings. The molecule has 0 aromatic carbocycles. The molecule has 1 aromatic rings. The SMILES string of the molecule is CC(O)C(=O)Nc1cnn(C)c1. The fourth-order valence-corrected chi connectivity index (χ4v) is 0.732. The Bertz CT molecular complexity index is 280. The van der Waals surface area contributed by atoms with Crippen LogP contribution in [0.4, 0.5) is 5.69 Å². The van der Waals surface area contributed by atoms with Gasteiger partial charge in [-0.1, -0.05) is 0 Å². The predicted molar refractivity (Wildman–Crippen MR) is 43.5 cm³/mol. The van der Waals surface area contributed by atoms with E-state index < -0.39 is 12.0 Å². The van der Waals surface area contributed by atoms with Gasteiger partial charge in [-0.3, -0.25) is 9.48 Å². The van der Waals surface area contributed by atoms with Crippen molar-refractivity contribution in [2.45, 2.75) is 13.0 Å². The van der Waals surface area contributed by atoms with Gasteiger partial charge < -0.3 is 10.4 Å². The molecule has 0 aliphatic heterocycles. The zero-order valence-corrected chi connectivity index (χ0v) is 6.98. The highest BCUT2D eigenvalue weighted by molar-refractivity contribution is 5.93. The number of aromatic nitrogens is 2. The highest BCUT2D eigenvalue weighted by Crippen LogP contribution is 2.03. The Morgan fingerprint density at radius 3 is 2.92 bits per heavy atom. The van der Waals surface area contributed by atoms with Crippen LogP contribution < -0.4 is 5.32 Å². The standard InChI is InChI=1S/C7H11N3O2/c1-5(11)7(12)9-6-3-8-10(2)4-6/h3-5,11H,1-2H3,(H,9,12). The molecule has 0 aliphatic rings. The van der Waals surface area contributed by atoms with Crippen LogP contribution in [0, 0.1) is 0 Å². The number of aliphatic hydroxyl groups excluding tert-OH is 1. The van der Waals surface area contributed by atoms with Crippen molar-refractivity contribution >= 4 is 11.6 Å². The molecule has 1 rings (SSSR count). The Kier molecular flexibility index (Phi) is 2.44. The fourth-order valence-electron chi connectivity index (χ4n) is 0.732. The van der Waals surface area contributed by atoms with Gasteiger partial charge in [-0.2, -0.15) is 5.10 Å². The molecule has 0 spiro atoms. The molecule has 66 valence electrons. The average molecular weight is 169 g/mol. The molecule has 5 heteroatoms. The van der Waals surface area contributed by atoms with Gasteiger partial charge in [-0.25, -0.2) is 0 Å². The van der Waals surface area contributed by atoms with Crippen LogP contribution in [0.5, 0.6) is 0 Å². The summed E-state index contributed by atoms with van der Waals surface area (Å²) < 4.78 is 1.57. The van der Waals surface area contributed by atoms with Gasteiger partial charge in [-0.15, -0.1) is 0 Å². The third kappa shape index (κ3) is 2.06. The summed E-state index contributed by atoms with van der Waals surface area (Å²) >= 11 is 0. The number of hydrogen-bond acceptors (Lipinski definition) is 3. The van der Waals surface area contributed by atoms with Gasteiger partial charge in [0.2, 0.25) is 0 Å². The van der Waals surface area contributed by atoms with Gasteiger partial charge in [0.05, 0.1) is 11.9 Å². The Balaban J connectivity index is 2.58. The highest BCUT2D eigenvalue weighted by atomic mass is 16.3. The van der Waals surface area contributed by atoms with E-state index in [0.29, 0.717) is 5.69 Å². The minimum Gasteiger partial charge on any atom is -0.384 e. The first-order chi connectivity index (χ1) is 5.59. The van der Waals surface area contributed by atoms with Crippen LogP contribution in [0.15, 0.2) is 12.4 Å². The van der Waals surface area contributed by atoms with Crippen molar-refractivity contribution in [2.75, 3.05) is 5.32 Å². The molecule has 1 atom stereocenters. The largest absolute Gasteiger partial charge is 0.384 e. The monoisotopic (exact) mass is 169 g/mol. The first kappa shape index (κ1) is 8.73. The Labute approximate surface area is 70.0 Å². The summed E-state index contributed by atoms with van der Waals surface area (Å²) in [6.45, 7) is 1.41. The molecule has 5 nitrogen and oxygen atoms in total. The van der Waals surface area contributed by atoms with E-state index in [2.05, 4.69) is 10.4 Å². The predicted octanol–water partition coefficient (Wildman–Crippen LogP) is -0.261. The molecule has 0 aliphatic carbocycles. The summed E-state index contributed by atoms with van der Waals surface area (Å²) in [5, 5.41) is 15.2. The van der Waals surface area contributed by atoms with E-state index in [4.69, 9.17) is 5.11 Å². The van der Waals surface area contributed by atoms with Crippen LogP contribution in [0.1, 0.15) is 6.92 Å². The van der Waals surface area contributed by atoms with E-state index >= 15 is 0 Å². The smallest absolute Gasteiger partial charge is 0.253 e. The first-order valence-electron chi connectivity index (χ1n) is 3.57. The number of aryl methyl sites for hydroxylation is 1. The molecule has 0 radical (unpaired) electrons. The quantitative estimate of drug-likeness (QED) is 0.641. The molecule has 1 amide bonds. The molecule has 1 unspecified atom stereocenters. The summed E-state index contributed by atoms with van der Waals surface area (Å²) in [6.07, 6.45) is 2.17. The number of carbonyl (C=O) groups excluding carboxylic acids is 1. The van der Waals surface area contributed by atoms with Gasteiger partial charge in [0.1, 0.15) is 6.10 Å². The van der Waals surface area contributed by atoms with E-state index in [9.17, 15) is 4.79 Å². The Morgan fingerprint density at radius 2 is 2.50 bits per heavy atom. The maximum Gasteiger partial charge on any atom is 0.253 e. The minimum absolute atomic E-state index is 0.428. The molecule has 0 saturated carbocycles. The summed E-state index contributed by atoms with van der Waals surface area (Å²) in [5.74, 6) is -0.428. The van der Waals surface area contributed by atoms with Gasteiger partial charge >= 0.3 is 0 Å². The molecule has 2 N–H and O–H groups in total. The van der Waals surface area contributed by atoms with E-state index in [1.54, 1.807) is 17.9 Å². The number of amides is 1. The van der Waals surface area contributed by atoms with Crippen LogP contribution in [-0.4, -0.2) is 26.9 Å². The second kappa shape index (κ2) is 3.36. The van der Waals surface area contributed by atoms with E-state index in [-0.39, 0.29) is 0 Å². The van der Waals surface area contributed by atoms with Crippen LogP contribution in [-0.2, 0) is 11.8 Å². The molecule has 0 saturated heterocycles. The molecular weight excluding hydrogens is 158 g/mol. The van der Waals surface area contributed by atoms with E-state index in [0.717, 1.165) is 0 Å². The lowest BCUT2D eigenvalue weighted by Gasteiger charge is -2.02. The van der Waals surface area contributed by atoms with Crippen molar-refractivity contribution in [2.24, 2.45) is 7.05 Å². The number of hydrogen-bond donors (Lipinski definition) is 2. The summed E-state index contributed by atoms with van der Waals surface area (Å²) in [5.41, 5.74) is 0.586. The molecule has 1 aromatic heterocycles. The van der Waals surface area contributed by atoms with Crippen molar-refractivity contribution in [3.63, 3.8) is 0 Å². The number of nitrogens with one attached hydrogen (secondary N) is 1. The molecular formula is C7H11N3O2. The summed E-state index contributed by atoms with van der Waals surface area (Å²) in [7, 11) is 1.75. The lowest BCUT2D eigenvalue weighted by molar-refractivity contribution is -0.123. The van der Waals surface area contributed by atoms with Crippen LogP contribution in [0.25, 0.3) is 0 Å². The van der Waals surface area contributed by atoms with Crippen LogP contribution >= 0.6 is 0 Å². The van der Waals surface area contributed by atoms with Crippen molar-refractivity contribution in [3.05, 3.63) is 12.4 Å². The second-order valence-electron chi connectivity index (χ2n) is 2.57. The fraction of sp³-hybridized carbons (Fsp3) is 0.429. The first-order valence-corrected chi connectivity index (χ1v) is 3.57. The van der Waals surface area contributed by atoms with Crippen molar-refractivity contribution in [1.82, 2.24) is 9.78 Å². The number of nitrogens with zero attached hydrogens (tertiary/aromatic N) is 2. The van der Waals surface area contributed by atoms with Crippen molar-refractivity contribution < 1.29 is 9.90 Å². The number of anilines is 1. The summed E-state index contributed by atoms with van der Waals surface area (Å²) in [4.78, 5) is 10.9. The third-order valence-corrected chi connectivity index (χ3v) is 1.35. The van der Waals surface area contributed by atoms with Gasteiger partial charge in [0.15, 0.2) is 0 Å². The lowest BCUT2D eigenvalue weighted by atomic mass is 10.4. The number of carbonyl (C=O) groups is 1. The second-order valence-corrected chi connectivity index (χ2v) is 2.57. The Hall–Kier alpha value is -1.36. The van der Waals surface area contributed by atoms with Gasteiger partial charge in [0, 0.05) is 13.2 Å². The van der Waals surface area contributed by atoms with Crippen molar-refractivity contribution in [3.8, 4) is 0 Å². The topological polar surface area (TPSA) is 67.2 Å². The lowest BCUT2D eigenvalue weighted by Crippen LogP contribution is -2.24. The maximum atomic E-state index is 10.9. The van der Waals surface area contributed by atoms with E-state index in [1.807, 2.05) is 0 Å². The molecule has 1 heterocycles. The van der Waals surface area contributed by atoms with Gasteiger partial charge in [-0.05, 0) is 6.92 Å². The maximum absolute atomic E-state index is 10.9.